The van der Waals surface area contributed by atoms with Crippen LogP contribution in [-0.2, 0) is 0 Å². The maximum atomic E-state index is 10.1. The highest BCUT2D eigenvalue weighted by atomic mass is 35.5. The molecule has 6 rings (SSSR count). The number of hydrogen-bond acceptors (Lipinski definition) is 3. The lowest BCUT2D eigenvalue weighted by atomic mass is 10.0. The maximum Gasteiger partial charge on any atom is 0.116 e. The van der Waals surface area contributed by atoms with Crippen LogP contribution in [0.15, 0.2) is 60.7 Å². The molecule has 154 valence electrons. The Morgan fingerprint density at radius 3 is 2.03 bits per heavy atom. The minimum Gasteiger partial charge on any atom is -0.508 e. The molecule has 0 saturated heterocycles. The molecule has 0 unspecified atom stereocenters. The number of rotatable bonds is 1. The second-order valence-corrected chi connectivity index (χ2v) is 8.13. The molecular formula is C26H17ClN4O. The first-order valence-corrected chi connectivity index (χ1v) is 10.5. The van der Waals surface area contributed by atoms with Crippen LogP contribution in [0.3, 0.4) is 0 Å². The lowest BCUT2D eigenvalue weighted by molar-refractivity contribution is 0.475. The molecule has 2 aliphatic heterocycles. The molecular weight excluding hydrogens is 420 g/mol. The first-order chi connectivity index (χ1) is 15.6. The normalized spacial score (nSPS) is 12.4. The molecule has 1 aromatic carbocycles. The number of hydrogen-bond donors (Lipinski definition) is 3. The summed E-state index contributed by atoms with van der Waals surface area (Å²) in [6, 6.07) is 19.0. The van der Waals surface area contributed by atoms with Gasteiger partial charge >= 0.3 is 0 Å². The van der Waals surface area contributed by atoms with Gasteiger partial charge in [-0.15, -0.1) is 0 Å². The van der Waals surface area contributed by atoms with Crippen LogP contribution in [0.25, 0.3) is 57.5 Å². The van der Waals surface area contributed by atoms with E-state index in [0.29, 0.717) is 10.6 Å². The van der Waals surface area contributed by atoms with Crippen molar-refractivity contribution in [3.63, 3.8) is 0 Å². The number of halogens is 1. The molecule has 0 fully saturated rings. The largest absolute Gasteiger partial charge is 0.508 e. The Morgan fingerprint density at radius 2 is 1.28 bits per heavy atom. The summed E-state index contributed by atoms with van der Waals surface area (Å²) in [4.78, 5) is 16.4. The van der Waals surface area contributed by atoms with Crippen molar-refractivity contribution < 1.29 is 5.11 Å². The van der Waals surface area contributed by atoms with Gasteiger partial charge in [-0.05, 0) is 85.0 Å². The summed E-state index contributed by atoms with van der Waals surface area (Å²) in [7, 11) is 0. The number of fused-ring (bicyclic) bond motifs is 8. The highest BCUT2D eigenvalue weighted by Crippen LogP contribution is 2.36. The standard InChI is InChI=1S/C26H17ClN4O/c27-23-8-7-21(32)14-22(23)26-24-9-5-19(30-24)12-17-3-1-15(28-17)11-16-2-4-18(29-16)13-20-6-10-25(26)31-20/h1-14,28,31-32H. The SMILES string of the molecule is Oc1ccc(Cl)c(-c2c3nc(cc4ccc(cc5nc(cc6ccc2[nH]6)C=C5)[nH]4)C=C3)c1. The fourth-order valence-corrected chi connectivity index (χ4v) is 4.21. The first-order valence-electron chi connectivity index (χ1n) is 10.2. The fraction of sp³-hybridized carbons (Fsp3) is 0. The highest BCUT2D eigenvalue weighted by Gasteiger charge is 2.14. The average Bonchev–Trinajstić information content (AvgIpc) is 3.56. The topological polar surface area (TPSA) is 77.6 Å². The lowest BCUT2D eigenvalue weighted by Crippen LogP contribution is -1.86. The van der Waals surface area contributed by atoms with Gasteiger partial charge in [-0.25, -0.2) is 9.97 Å². The Morgan fingerprint density at radius 1 is 0.656 bits per heavy atom. The zero-order valence-corrected chi connectivity index (χ0v) is 17.6. The summed E-state index contributed by atoms with van der Waals surface area (Å²) in [5, 5.41) is 10.7. The Kier molecular flexibility index (Phi) is 4.23. The van der Waals surface area contributed by atoms with Crippen LogP contribution in [0, 0.1) is 0 Å². The van der Waals surface area contributed by atoms with Crippen LogP contribution in [0.2, 0.25) is 5.02 Å². The van der Waals surface area contributed by atoms with Crippen molar-refractivity contribution >= 4 is 58.0 Å². The Labute approximate surface area is 188 Å². The highest BCUT2D eigenvalue weighted by molar-refractivity contribution is 6.33. The Balaban J connectivity index is 1.74. The van der Waals surface area contributed by atoms with Crippen molar-refractivity contribution in [3.05, 3.63) is 88.5 Å². The summed E-state index contributed by atoms with van der Waals surface area (Å²) < 4.78 is 0. The number of phenols is 1. The second-order valence-electron chi connectivity index (χ2n) is 7.72. The smallest absolute Gasteiger partial charge is 0.116 e. The van der Waals surface area contributed by atoms with E-state index in [9.17, 15) is 5.11 Å². The molecule has 0 spiro atoms. The van der Waals surface area contributed by atoms with Crippen molar-refractivity contribution in [1.29, 1.82) is 0 Å². The summed E-state index contributed by atoms with van der Waals surface area (Å²) in [5.41, 5.74) is 8.53. The summed E-state index contributed by atoms with van der Waals surface area (Å²) in [5.74, 6) is 0.143. The van der Waals surface area contributed by atoms with Crippen LogP contribution >= 0.6 is 11.6 Å². The number of H-pyrrole nitrogens is 2. The molecule has 32 heavy (non-hydrogen) atoms. The Bertz CT molecular complexity index is 1610. The van der Waals surface area contributed by atoms with E-state index in [0.717, 1.165) is 50.4 Å². The minimum absolute atomic E-state index is 0.143. The molecule has 0 saturated carbocycles. The zero-order chi connectivity index (χ0) is 21.7. The predicted molar refractivity (Wildman–Crippen MR) is 131 cm³/mol. The van der Waals surface area contributed by atoms with E-state index in [2.05, 4.69) is 15.0 Å². The summed E-state index contributed by atoms with van der Waals surface area (Å²) in [6.07, 6.45) is 7.91. The van der Waals surface area contributed by atoms with Gasteiger partial charge in [0.05, 0.1) is 22.8 Å². The van der Waals surface area contributed by atoms with E-state index < -0.39 is 0 Å². The van der Waals surface area contributed by atoms with Crippen LogP contribution < -0.4 is 0 Å². The molecule has 2 aliphatic rings. The molecule has 3 N–H and O–H groups in total. The monoisotopic (exact) mass is 436 g/mol. The van der Waals surface area contributed by atoms with Gasteiger partial charge in [0.1, 0.15) is 5.75 Å². The Hall–Kier alpha value is -4.09. The third-order valence-electron chi connectivity index (χ3n) is 5.44. The third kappa shape index (κ3) is 3.39. The van der Waals surface area contributed by atoms with Crippen molar-refractivity contribution in [2.24, 2.45) is 0 Å². The van der Waals surface area contributed by atoms with Crippen LogP contribution in [0.5, 0.6) is 5.75 Å². The van der Waals surface area contributed by atoms with E-state index in [-0.39, 0.29) is 5.75 Å². The van der Waals surface area contributed by atoms with Gasteiger partial charge in [0, 0.05) is 38.2 Å². The van der Waals surface area contributed by atoms with Gasteiger partial charge in [-0.2, -0.15) is 0 Å². The van der Waals surface area contributed by atoms with Crippen LogP contribution in [0.4, 0.5) is 0 Å². The molecule has 4 aromatic rings. The summed E-state index contributed by atoms with van der Waals surface area (Å²) in [6.45, 7) is 0. The predicted octanol–water partition coefficient (Wildman–Crippen LogP) is 6.68. The first kappa shape index (κ1) is 18.7. The average molecular weight is 437 g/mol. The minimum atomic E-state index is 0.143. The molecule has 0 amide bonds. The van der Waals surface area contributed by atoms with E-state index in [1.165, 1.54) is 0 Å². The number of nitrogens with zero attached hydrogens (tertiary/aromatic N) is 2. The quantitative estimate of drug-likeness (QED) is 0.269. The number of benzene rings is 1. The van der Waals surface area contributed by atoms with Gasteiger partial charge in [0.25, 0.3) is 0 Å². The fourth-order valence-electron chi connectivity index (χ4n) is 4.00. The van der Waals surface area contributed by atoms with Crippen molar-refractivity contribution in [2.45, 2.75) is 0 Å². The zero-order valence-electron chi connectivity index (χ0n) is 16.8. The number of phenolic OH excluding ortho intramolecular Hbond substituents is 1. The second kappa shape index (κ2) is 7.25. The van der Waals surface area contributed by atoms with E-state index in [4.69, 9.17) is 16.6 Å². The van der Waals surface area contributed by atoms with Crippen molar-refractivity contribution in [1.82, 2.24) is 19.9 Å². The molecule has 8 bridgehead atoms. The third-order valence-corrected chi connectivity index (χ3v) is 5.77. The van der Waals surface area contributed by atoms with Crippen molar-refractivity contribution in [2.75, 3.05) is 0 Å². The number of nitrogens with one attached hydrogen (secondary N) is 2. The van der Waals surface area contributed by atoms with Crippen molar-refractivity contribution in [3.8, 4) is 16.9 Å². The van der Waals surface area contributed by atoms with Gasteiger partial charge in [0.2, 0.25) is 0 Å². The van der Waals surface area contributed by atoms with Crippen LogP contribution in [-0.4, -0.2) is 25.0 Å². The summed E-state index contributed by atoms with van der Waals surface area (Å²) >= 11 is 6.55. The molecule has 5 nitrogen and oxygen atoms in total. The van der Waals surface area contributed by atoms with Gasteiger partial charge in [-0.3, -0.25) is 0 Å². The lowest BCUT2D eigenvalue weighted by Gasteiger charge is -2.07. The molecule has 0 radical (unpaired) electrons. The molecule has 5 heterocycles. The maximum absolute atomic E-state index is 10.1. The number of aromatic hydroxyl groups is 1. The number of aromatic nitrogens is 4. The van der Waals surface area contributed by atoms with Gasteiger partial charge in [0.15, 0.2) is 0 Å². The van der Waals surface area contributed by atoms with E-state index in [1.807, 2.05) is 66.8 Å². The molecule has 0 atom stereocenters. The molecule has 0 aliphatic carbocycles. The number of aromatic amines is 2. The van der Waals surface area contributed by atoms with Gasteiger partial charge < -0.3 is 15.1 Å². The van der Waals surface area contributed by atoms with Gasteiger partial charge in [-0.1, -0.05) is 11.6 Å². The van der Waals surface area contributed by atoms with E-state index in [1.54, 1.807) is 18.2 Å². The molecule has 3 aromatic heterocycles. The van der Waals surface area contributed by atoms with E-state index >= 15 is 0 Å². The molecule has 6 heteroatoms. The van der Waals surface area contributed by atoms with Crippen LogP contribution in [0.1, 0.15) is 22.8 Å².